The first-order chi connectivity index (χ1) is 14.8. The van der Waals surface area contributed by atoms with Crippen molar-refractivity contribution in [2.75, 3.05) is 39.5 Å². The van der Waals surface area contributed by atoms with Gasteiger partial charge in [0.05, 0.1) is 19.8 Å². The highest BCUT2D eigenvalue weighted by Gasteiger charge is 2.20. The number of carbonyl (C=O) groups excluding carboxylic acids is 1. The lowest BCUT2D eigenvalue weighted by atomic mass is 10.2. The van der Waals surface area contributed by atoms with Crippen molar-refractivity contribution in [3.63, 3.8) is 0 Å². The topological polar surface area (TPSA) is 104 Å². The van der Waals surface area contributed by atoms with E-state index in [-0.39, 0.29) is 12.0 Å². The van der Waals surface area contributed by atoms with Gasteiger partial charge in [0.1, 0.15) is 12.7 Å². The number of carbonyl (C=O) groups is 1. The van der Waals surface area contributed by atoms with Gasteiger partial charge >= 0.3 is 0 Å². The maximum atomic E-state index is 12.1. The Morgan fingerprint density at radius 1 is 1.20 bits per heavy atom. The maximum absolute atomic E-state index is 12.1. The summed E-state index contributed by atoms with van der Waals surface area (Å²) in [5.74, 6) is 2.38. The molecule has 0 unspecified atom stereocenters. The van der Waals surface area contributed by atoms with E-state index in [4.69, 9.17) is 14.2 Å². The molecule has 3 heterocycles. The molecule has 1 saturated heterocycles. The van der Waals surface area contributed by atoms with Crippen molar-refractivity contribution in [1.82, 2.24) is 30.4 Å². The molecular weight excluding hydrogens is 388 g/mol. The molecule has 2 aromatic rings. The largest absolute Gasteiger partial charge is 0.486 e. The van der Waals surface area contributed by atoms with Crippen LogP contribution >= 0.6 is 0 Å². The molecule has 2 aliphatic heterocycles. The molecule has 4 rings (SSSR count). The second-order valence-electron chi connectivity index (χ2n) is 7.45. The van der Waals surface area contributed by atoms with E-state index in [1.807, 2.05) is 24.3 Å². The number of amides is 1. The number of nitrogens with zero attached hydrogens (tertiary/aromatic N) is 5. The minimum absolute atomic E-state index is 0.0231. The summed E-state index contributed by atoms with van der Waals surface area (Å²) in [6.45, 7) is 5.64. The summed E-state index contributed by atoms with van der Waals surface area (Å²) in [6.07, 6.45) is 1.77. The number of hydrogen-bond donors (Lipinski definition) is 1. The van der Waals surface area contributed by atoms with Gasteiger partial charge in [-0.1, -0.05) is 12.1 Å². The third-order valence-corrected chi connectivity index (χ3v) is 5.20. The van der Waals surface area contributed by atoms with Crippen LogP contribution in [0.4, 0.5) is 0 Å². The average molecular weight is 416 g/mol. The standard InChI is InChI=1S/C20H28N6O4/c27-20(21-8-7-16-15-29-17-4-1-2-5-18(17)30-16)6-3-9-26-19(22-23-24-26)14-25-10-12-28-13-11-25/h1-2,4-5,16H,3,6-15H2,(H,21,27)/t16-/m0/s1. The lowest BCUT2D eigenvalue weighted by molar-refractivity contribution is -0.121. The van der Waals surface area contributed by atoms with Crippen molar-refractivity contribution in [1.29, 1.82) is 0 Å². The average Bonchev–Trinajstić information content (AvgIpc) is 3.21. The van der Waals surface area contributed by atoms with E-state index in [1.165, 1.54) is 0 Å². The van der Waals surface area contributed by atoms with Crippen molar-refractivity contribution in [3.8, 4) is 11.5 Å². The zero-order valence-corrected chi connectivity index (χ0v) is 17.0. The Kier molecular flexibility index (Phi) is 7.09. The number of para-hydroxylation sites is 2. The van der Waals surface area contributed by atoms with Crippen LogP contribution in [-0.4, -0.2) is 76.6 Å². The summed E-state index contributed by atoms with van der Waals surface area (Å²) in [7, 11) is 0. The van der Waals surface area contributed by atoms with Crippen molar-refractivity contribution >= 4 is 5.91 Å². The molecule has 1 N–H and O–H groups in total. The van der Waals surface area contributed by atoms with Crippen molar-refractivity contribution in [2.24, 2.45) is 0 Å². The Hall–Kier alpha value is -2.72. The van der Waals surface area contributed by atoms with Gasteiger partial charge in [-0.3, -0.25) is 9.69 Å². The molecule has 1 amide bonds. The van der Waals surface area contributed by atoms with Crippen LogP contribution in [0, 0.1) is 0 Å². The maximum Gasteiger partial charge on any atom is 0.220 e. The number of aromatic nitrogens is 4. The van der Waals surface area contributed by atoms with Gasteiger partial charge in [-0.05, 0) is 29.0 Å². The summed E-state index contributed by atoms with van der Waals surface area (Å²) in [5, 5.41) is 14.9. The number of morpholine rings is 1. The van der Waals surface area contributed by atoms with Crippen LogP contribution in [0.25, 0.3) is 0 Å². The minimum atomic E-state index is -0.0517. The summed E-state index contributed by atoms with van der Waals surface area (Å²) in [4.78, 5) is 14.4. The third-order valence-electron chi connectivity index (χ3n) is 5.20. The van der Waals surface area contributed by atoms with Gasteiger partial charge in [0, 0.05) is 39.0 Å². The van der Waals surface area contributed by atoms with Gasteiger partial charge in [-0.2, -0.15) is 0 Å². The summed E-state index contributed by atoms with van der Waals surface area (Å²) < 4.78 is 18.8. The fourth-order valence-electron chi connectivity index (χ4n) is 3.53. The van der Waals surface area contributed by atoms with Crippen molar-refractivity contribution < 1.29 is 19.0 Å². The number of tetrazole rings is 1. The summed E-state index contributed by atoms with van der Waals surface area (Å²) in [5.41, 5.74) is 0. The van der Waals surface area contributed by atoms with Crippen LogP contribution in [0.2, 0.25) is 0 Å². The predicted octanol–water partition coefficient (Wildman–Crippen LogP) is 0.632. The van der Waals surface area contributed by atoms with E-state index in [0.29, 0.717) is 45.5 Å². The van der Waals surface area contributed by atoms with E-state index in [1.54, 1.807) is 4.68 Å². The quantitative estimate of drug-likeness (QED) is 0.635. The van der Waals surface area contributed by atoms with Crippen molar-refractivity contribution in [3.05, 3.63) is 30.1 Å². The van der Waals surface area contributed by atoms with Crippen molar-refractivity contribution in [2.45, 2.75) is 38.5 Å². The zero-order valence-electron chi connectivity index (χ0n) is 17.0. The number of fused-ring (bicyclic) bond motifs is 1. The number of benzene rings is 1. The Morgan fingerprint density at radius 2 is 2.03 bits per heavy atom. The van der Waals surface area contributed by atoms with Gasteiger partial charge in [-0.15, -0.1) is 5.10 Å². The molecule has 1 atom stereocenters. The molecule has 162 valence electrons. The summed E-state index contributed by atoms with van der Waals surface area (Å²) >= 11 is 0. The smallest absolute Gasteiger partial charge is 0.220 e. The van der Waals surface area contributed by atoms with Crippen LogP contribution in [0.5, 0.6) is 11.5 Å². The molecule has 0 spiro atoms. The molecule has 1 aromatic heterocycles. The highest BCUT2D eigenvalue weighted by molar-refractivity contribution is 5.75. The molecule has 1 fully saturated rings. The number of rotatable bonds is 9. The van der Waals surface area contributed by atoms with E-state index in [0.717, 1.165) is 43.6 Å². The number of ether oxygens (including phenoxy) is 3. The van der Waals surface area contributed by atoms with Gasteiger partial charge in [0.25, 0.3) is 0 Å². The lowest BCUT2D eigenvalue weighted by Crippen LogP contribution is -2.36. The fourth-order valence-corrected chi connectivity index (χ4v) is 3.53. The first kappa shape index (κ1) is 20.5. The Morgan fingerprint density at radius 3 is 2.90 bits per heavy atom. The highest BCUT2D eigenvalue weighted by atomic mass is 16.6. The van der Waals surface area contributed by atoms with Crippen LogP contribution in [0.3, 0.4) is 0 Å². The number of aryl methyl sites for hydroxylation is 1. The van der Waals surface area contributed by atoms with Crippen LogP contribution in [-0.2, 0) is 22.6 Å². The monoisotopic (exact) mass is 416 g/mol. The predicted molar refractivity (Wildman–Crippen MR) is 107 cm³/mol. The molecule has 0 saturated carbocycles. The Labute approximate surface area is 175 Å². The van der Waals surface area contributed by atoms with Gasteiger partial charge in [0.15, 0.2) is 17.3 Å². The molecule has 10 heteroatoms. The van der Waals surface area contributed by atoms with Gasteiger partial charge in [-0.25, -0.2) is 4.68 Å². The normalized spacial score (nSPS) is 18.9. The Balaban J connectivity index is 1.12. The number of hydrogen-bond acceptors (Lipinski definition) is 8. The lowest BCUT2D eigenvalue weighted by Gasteiger charge is -2.26. The van der Waals surface area contributed by atoms with Crippen LogP contribution in [0.15, 0.2) is 24.3 Å². The second-order valence-corrected chi connectivity index (χ2v) is 7.45. The molecule has 10 nitrogen and oxygen atoms in total. The van der Waals surface area contributed by atoms with E-state index in [2.05, 4.69) is 25.7 Å². The Bertz CT molecular complexity index is 823. The fraction of sp³-hybridized carbons (Fsp3) is 0.600. The van der Waals surface area contributed by atoms with Gasteiger partial charge in [0.2, 0.25) is 5.91 Å². The van der Waals surface area contributed by atoms with E-state index >= 15 is 0 Å². The van der Waals surface area contributed by atoms with Gasteiger partial charge < -0.3 is 19.5 Å². The molecular formula is C20H28N6O4. The van der Waals surface area contributed by atoms with E-state index < -0.39 is 0 Å². The molecule has 1 aromatic carbocycles. The van der Waals surface area contributed by atoms with E-state index in [9.17, 15) is 4.79 Å². The molecule has 0 aliphatic carbocycles. The van der Waals surface area contributed by atoms with Crippen LogP contribution < -0.4 is 14.8 Å². The van der Waals surface area contributed by atoms with Crippen LogP contribution in [0.1, 0.15) is 25.1 Å². The molecule has 0 bridgehead atoms. The summed E-state index contributed by atoms with van der Waals surface area (Å²) in [6, 6.07) is 7.63. The minimum Gasteiger partial charge on any atom is -0.486 e. The molecule has 2 aliphatic rings. The second kappa shape index (κ2) is 10.4. The third kappa shape index (κ3) is 5.67. The zero-order chi connectivity index (χ0) is 20.6. The first-order valence-electron chi connectivity index (χ1n) is 10.5. The highest BCUT2D eigenvalue weighted by Crippen LogP contribution is 2.31. The molecule has 30 heavy (non-hydrogen) atoms. The SMILES string of the molecule is O=C(CCCn1nnnc1CN1CCOCC1)NCC[C@H]1COc2ccccc2O1. The first-order valence-corrected chi connectivity index (χ1v) is 10.5. The molecule has 0 radical (unpaired) electrons. The number of nitrogens with one attached hydrogen (secondary N) is 1.